The Balaban J connectivity index is 1.75. The van der Waals surface area contributed by atoms with E-state index in [-0.39, 0.29) is 34.2 Å². The lowest BCUT2D eigenvalue weighted by atomic mass is 10.1. The minimum atomic E-state index is -0.251. The average molecular weight is 379 g/mol. The van der Waals surface area contributed by atoms with Crippen LogP contribution in [0, 0.1) is 18.3 Å². The molecule has 0 aliphatic heterocycles. The summed E-state index contributed by atoms with van der Waals surface area (Å²) in [6.07, 6.45) is 0. The first-order valence-corrected chi connectivity index (χ1v) is 8.83. The SMILES string of the molecule is Cc1ccc(N=Nc2c(N)nn3c(C#N)c4c(nc23)-c2ccccc2C4=O)cc1. The van der Waals surface area contributed by atoms with E-state index in [2.05, 4.69) is 26.4 Å². The fraction of sp³-hybridized carbons (Fsp3) is 0.0476. The number of carbonyl (C=O) groups excluding carboxylic acids is 1. The summed E-state index contributed by atoms with van der Waals surface area (Å²) in [5.74, 6) is -0.173. The maximum atomic E-state index is 12.8. The summed E-state index contributed by atoms with van der Waals surface area (Å²) in [6, 6.07) is 16.7. The van der Waals surface area contributed by atoms with Crippen LogP contribution in [0.15, 0.2) is 58.8 Å². The third kappa shape index (κ3) is 2.41. The number of nitrogens with zero attached hydrogens (tertiary/aromatic N) is 6. The number of nitrogen functional groups attached to an aromatic ring is 1. The lowest BCUT2D eigenvalue weighted by molar-refractivity contribution is 0.104. The highest BCUT2D eigenvalue weighted by Crippen LogP contribution is 2.39. The Kier molecular flexibility index (Phi) is 3.51. The molecule has 29 heavy (non-hydrogen) atoms. The average Bonchev–Trinajstić information content (AvgIpc) is 3.20. The summed E-state index contributed by atoms with van der Waals surface area (Å²) >= 11 is 0. The molecule has 0 atom stereocenters. The molecule has 1 aliphatic rings. The van der Waals surface area contributed by atoms with Crippen molar-refractivity contribution in [2.24, 2.45) is 10.2 Å². The molecule has 1 aliphatic carbocycles. The number of carbonyl (C=O) groups is 1. The molecule has 0 saturated carbocycles. The molecule has 0 fully saturated rings. The summed E-state index contributed by atoms with van der Waals surface area (Å²) in [5.41, 5.74) is 10.2. The van der Waals surface area contributed by atoms with Crippen LogP contribution in [0.4, 0.5) is 17.2 Å². The molecule has 4 aromatic rings. The molecule has 0 amide bonds. The van der Waals surface area contributed by atoms with E-state index in [0.717, 1.165) is 5.56 Å². The number of rotatable bonds is 2. The number of hydrogen-bond donors (Lipinski definition) is 1. The van der Waals surface area contributed by atoms with E-state index < -0.39 is 0 Å². The summed E-state index contributed by atoms with van der Waals surface area (Å²) in [6.45, 7) is 1.98. The van der Waals surface area contributed by atoms with Crippen molar-refractivity contribution in [2.45, 2.75) is 6.92 Å². The normalized spacial score (nSPS) is 12.3. The Morgan fingerprint density at radius 2 is 1.79 bits per heavy atom. The van der Waals surface area contributed by atoms with Crippen LogP contribution in [0.3, 0.4) is 0 Å². The summed E-state index contributed by atoms with van der Waals surface area (Å²) < 4.78 is 1.27. The van der Waals surface area contributed by atoms with Gasteiger partial charge in [-0.1, -0.05) is 42.0 Å². The molecule has 0 saturated heterocycles. The van der Waals surface area contributed by atoms with Gasteiger partial charge in [0, 0.05) is 11.1 Å². The van der Waals surface area contributed by atoms with Gasteiger partial charge in [-0.2, -0.15) is 14.9 Å². The van der Waals surface area contributed by atoms with Crippen LogP contribution >= 0.6 is 0 Å². The van der Waals surface area contributed by atoms with Crippen molar-refractivity contribution in [3.63, 3.8) is 0 Å². The second-order valence-corrected chi connectivity index (χ2v) is 6.68. The monoisotopic (exact) mass is 379 g/mol. The number of anilines is 1. The minimum absolute atomic E-state index is 0.0780. The first kappa shape index (κ1) is 16.8. The molecule has 0 unspecified atom stereocenters. The van der Waals surface area contributed by atoms with Crippen LogP contribution in [0.1, 0.15) is 27.2 Å². The molecule has 8 heteroatoms. The molecule has 0 bridgehead atoms. The van der Waals surface area contributed by atoms with Crippen molar-refractivity contribution < 1.29 is 4.79 Å². The largest absolute Gasteiger partial charge is 0.380 e. The van der Waals surface area contributed by atoms with Gasteiger partial charge in [0.25, 0.3) is 0 Å². The van der Waals surface area contributed by atoms with Crippen molar-refractivity contribution in [1.29, 1.82) is 5.26 Å². The van der Waals surface area contributed by atoms with E-state index in [4.69, 9.17) is 5.73 Å². The molecule has 0 spiro atoms. The van der Waals surface area contributed by atoms with Gasteiger partial charge in [0.1, 0.15) is 6.07 Å². The Morgan fingerprint density at radius 3 is 2.52 bits per heavy atom. The van der Waals surface area contributed by atoms with Crippen molar-refractivity contribution >= 4 is 28.6 Å². The van der Waals surface area contributed by atoms with Gasteiger partial charge in [-0.25, -0.2) is 4.98 Å². The second-order valence-electron chi connectivity index (χ2n) is 6.68. The highest BCUT2D eigenvalue weighted by molar-refractivity contribution is 6.22. The zero-order valence-corrected chi connectivity index (χ0v) is 15.3. The van der Waals surface area contributed by atoms with Crippen LogP contribution in [0.5, 0.6) is 0 Å². The van der Waals surface area contributed by atoms with Crippen LogP contribution in [-0.2, 0) is 0 Å². The van der Waals surface area contributed by atoms with Gasteiger partial charge >= 0.3 is 0 Å². The molecule has 2 aromatic heterocycles. The van der Waals surface area contributed by atoms with Gasteiger partial charge < -0.3 is 5.73 Å². The van der Waals surface area contributed by atoms with Crippen LogP contribution in [-0.4, -0.2) is 20.4 Å². The first-order chi connectivity index (χ1) is 14.1. The number of hydrogen-bond acceptors (Lipinski definition) is 7. The summed E-state index contributed by atoms with van der Waals surface area (Å²) in [5, 5.41) is 22.4. The number of nitriles is 1. The van der Waals surface area contributed by atoms with Gasteiger partial charge in [0.15, 0.2) is 28.6 Å². The Hall–Kier alpha value is -4.38. The maximum Gasteiger partial charge on any atom is 0.198 e. The van der Waals surface area contributed by atoms with Gasteiger partial charge in [-0.15, -0.1) is 10.2 Å². The smallest absolute Gasteiger partial charge is 0.198 e. The van der Waals surface area contributed by atoms with E-state index in [0.29, 0.717) is 22.5 Å². The minimum Gasteiger partial charge on any atom is -0.380 e. The van der Waals surface area contributed by atoms with E-state index in [1.165, 1.54) is 4.52 Å². The maximum absolute atomic E-state index is 12.8. The fourth-order valence-corrected chi connectivity index (χ4v) is 3.40. The Bertz CT molecular complexity index is 1390. The predicted octanol–water partition coefficient (Wildman–Crippen LogP) is 4.12. The number of nitrogens with two attached hydrogens (primary N) is 1. The molecular weight excluding hydrogens is 366 g/mol. The van der Waals surface area contributed by atoms with E-state index in [1.807, 2.05) is 37.3 Å². The van der Waals surface area contributed by atoms with Gasteiger partial charge in [0.2, 0.25) is 0 Å². The summed E-state index contributed by atoms with van der Waals surface area (Å²) in [7, 11) is 0. The Labute approximate surface area is 165 Å². The van der Waals surface area contributed by atoms with Gasteiger partial charge in [-0.05, 0) is 19.1 Å². The van der Waals surface area contributed by atoms with Crippen LogP contribution < -0.4 is 5.73 Å². The highest BCUT2D eigenvalue weighted by atomic mass is 16.1. The molecule has 0 radical (unpaired) electrons. The van der Waals surface area contributed by atoms with Crippen molar-refractivity contribution in [3.05, 3.63) is 70.9 Å². The molecule has 2 heterocycles. The lowest BCUT2D eigenvalue weighted by Gasteiger charge is -2.03. The molecule has 2 aromatic carbocycles. The molecule has 5 rings (SSSR count). The zero-order chi connectivity index (χ0) is 20.1. The number of aromatic nitrogens is 3. The third-order valence-electron chi connectivity index (χ3n) is 4.83. The van der Waals surface area contributed by atoms with E-state index in [9.17, 15) is 10.1 Å². The number of azo groups is 1. The molecule has 8 nitrogen and oxygen atoms in total. The lowest BCUT2D eigenvalue weighted by Crippen LogP contribution is -2.07. The van der Waals surface area contributed by atoms with Crippen LogP contribution in [0.25, 0.3) is 16.9 Å². The first-order valence-electron chi connectivity index (χ1n) is 8.83. The fourth-order valence-electron chi connectivity index (χ4n) is 3.40. The predicted molar refractivity (Wildman–Crippen MR) is 106 cm³/mol. The number of aryl methyl sites for hydroxylation is 1. The van der Waals surface area contributed by atoms with E-state index in [1.54, 1.807) is 18.2 Å². The Morgan fingerprint density at radius 1 is 1.07 bits per heavy atom. The molecule has 138 valence electrons. The highest BCUT2D eigenvalue weighted by Gasteiger charge is 2.33. The zero-order valence-electron chi connectivity index (χ0n) is 15.3. The van der Waals surface area contributed by atoms with Crippen molar-refractivity contribution in [1.82, 2.24) is 14.6 Å². The number of ketones is 1. The van der Waals surface area contributed by atoms with Gasteiger partial charge in [0.05, 0.1) is 16.9 Å². The van der Waals surface area contributed by atoms with Gasteiger partial charge in [-0.3, -0.25) is 4.79 Å². The molecule has 2 N–H and O–H groups in total. The quantitative estimate of drug-likeness (QED) is 0.462. The van der Waals surface area contributed by atoms with Crippen molar-refractivity contribution in [2.75, 3.05) is 5.73 Å². The molecular formula is C21H13N7O. The number of fused-ring (bicyclic) bond motifs is 4. The second kappa shape index (κ2) is 6.07. The topological polar surface area (TPSA) is 122 Å². The summed E-state index contributed by atoms with van der Waals surface area (Å²) in [4.78, 5) is 17.4. The third-order valence-corrected chi connectivity index (χ3v) is 4.83. The van der Waals surface area contributed by atoms with E-state index >= 15 is 0 Å². The van der Waals surface area contributed by atoms with Crippen LogP contribution in [0.2, 0.25) is 0 Å². The van der Waals surface area contributed by atoms with Crippen molar-refractivity contribution in [3.8, 4) is 17.3 Å². The standard InChI is InChI=1S/C21H13N7O/c1-11-6-8-12(9-7-11)25-26-18-20(23)27-28-15(10-22)16-17(24-21(18)28)13-4-2-3-5-14(13)19(16)29/h2-9H,1H3,(H2,23,27). The number of benzene rings is 2.